The Labute approximate surface area is 132 Å². The number of amides is 1. The number of hydrogen-bond donors (Lipinski definition) is 1. The molecule has 116 valence electrons. The minimum Gasteiger partial charge on any atom is -0.496 e. The highest BCUT2D eigenvalue weighted by Crippen LogP contribution is 2.23. The Morgan fingerprint density at radius 1 is 1.09 bits per heavy atom. The Hall–Kier alpha value is -2.29. The number of ether oxygens (including phenoxy) is 1. The monoisotopic (exact) mass is 297 g/mol. The third-order valence-corrected chi connectivity index (χ3v) is 3.78. The summed E-state index contributed by atoms with van der Waals surface area (Å²) in [4.78, 5) is 12.5. The van der Waals surface area contributed by atoms with E-state index in [4.69, 9.17) is 4.74 Å². The van der Waals surface area contributed by atoms with Crippen molar-refractivity contribution in [3.8, 4) is 5.75 Å². The molecule has 0 aliphatic rings. The van der Waals surface area contributed by atoms with Gasteiger partial charge in [0.2, 0.25) is 0 Å². The first-order chi connectivity index (χ1) is 10.5. The van der Waals surface area contributed by atoms with Crippen LogP contribution in [-0.2, 0) is 0 Å². The second-order valence-electron chi connectivity index (χ2n) is 5.79. The molecular weight excluding hydrogens is 274 g/mol. The Morgan fingerprint density at radius 3 is 2.36 bits per heavy atom. The molecule has 0 aliphatic carbocycles. The number of aryl methyl sites for hydroxylation is 1. The van der Waals surface area contributed by atoms with Crippen LogP contribution in [-0.4, -0.2) is 13.0 Å². The van der Waals surface area contributed by atoms with E-state index in [1.165, 1.54) is 0 Å². The second-order valence-corrected chi connectivity index (χ2v) is 5.79. The number of benzene rings is 2. The average Bonchev–Trinajstić information content (AvgIpc) is 2.53. The normalized spacial score (nSPS) is 12.0. The van der Waals surface area contributed by atoms with Crippen LogP contribution in [0.3, 0.4) is 0 Å². The van der Waals surface area contributed by atoms with E-state index in [2.05, 4.69) is 19.2 Å². The second kappa shape index (κ2) is 7.12. The van der Waals surface area contributed by atoms with Gasteiger partial charge in [-0.05, 0) is 36.1 Å². The van der Waals surface area contributed by atoms with Crippen LogP contribution in [0, 0.1) is 12.8 Å². The summed E-state index contributed by atoms with van der Waals surface area (Å²) in [6.07, 6.45) is 0. The predicted octanol–water partition coefficient (Wildman–Crippen LogP) is 4.13. The van der Waals surface area contributed by atoms with Gasteiger partial charge in [0.15, 0.2) is 0 Å². The molecule has 1 amide bonds. The molecule has 22 heavy (non-hydrogen) atoms. The SMILES string of the molecule is COc1cc(C(=O)N[C@H](c2ccccc2)C(C)C)ccc1C. The van der Waals surface area contributed by atoms with Crippen molar-refractivity contribution < 1.29 is 9.53 Å². The zero-order valence-corrected chi connectivity index (χ0v) is 13.6. The van der Waals surface area contributed by atoms with Gasteiger partial charge in [0.25, 0.3) is 5.91 Å². The standard InChI is InChI=1S/C19H23NO2/c1-13(2)18(15-8-6-5-7-9-15)20-19(21)16-11-10-14(3)17(12-16)22-4/h5-13,18H,1-4H3,(H,20,21)/t18-/m0/s1. The molecule has 0 fully saturated rings. The first-order valence-electron chi connectivity index (χ1n) is 7.53. The minimum atomic E-state index is -0.0825. The van der Waals surface area contributed by atoms with Crippen LogP contribution in [0.1, 0.15) is 41.4 Å². The number of nitrogens with one attached hydrogen (secondary N) is 1. The largest absolute Gasteiger partial charge is 0.496 e. The molecule has 0 radical (unpaired) electrons. The van der Waals surface area contributed by atoms with Crippen molar-refractivity contribution in [3.63, 3.8) is 0 Å². The topological polar surface area (TPSA) is 38.3 Å². The summed E-state index contributed by atoms with van der Waals surface area (Å²) in [7, 11) is 1.62. The van der Waals surface area contributed by atoms with Crippen molar-refractivity contribution in [1.82, 2.24) is 5.32 Å². The van der Waals surface area contributed by atoms with Crippen LogP contribution >= 0.6 is 0 Å². The summed E-state index contributed by atoms with van der Waals surface area (Å²) in [5, 5.41) is 3.13. The highest BCUT2D eigenvalue weighted by Gasteiger charge is 2.19. The lowest BCUT2D eigenvalue weighted by atomic mass is 9.95. The van der Waals surface area contributed by atoms with E-state index in [1.54, 1.807) is 13.2 Å². The Kier molecular flexibility index (Phi) is 5.21. The van der Waals surface area contributed by atoms with E-state index in [0.717, 1.165) is 16.9 Å². The molecule has 2 aromatic rings. The van der Waals surface area contributed by atoms with Crippen molar-refractivity contribution in [2.45, 2.75) is 26.8 Å². The number of carbonyl (C=O) groups excluding carboxylic acids is 1. The molecule has 0 unspecified atom stereocenters. The molecule has 0 saturated carbocycles. The third-order valence-electron chi connectivity index (χ3n) is 3.78. The Balaban J connectivity index is 2.22. The van der Waals surface area contributed by atoms with E-state index < -0.39 is 0 Å². The summed E-state index contributed by atoms with van der Waals surface area (Å²) >= 11 is 0. The molecule has 0 bridgehead atoms. The number of methoxy groups -OCH3 is 1. The van der Waals surface area contributed by atoms with Gasteiger partial charge in [-0.1, -0.05) is 50.2 Å². The molecule has 2 aromatic carbocycles. The van der Waals surface area contributed by atoms with Gasteiger partial charge in [-0.25, -0.2) is 0 Å². The van der Waals surface area contributed by atoms with Gasteiger partial charge in [0, 0.05) is 5.56 Å². The fourth-order valence-corrected chi connectivity index (χ4v) is 2.48. The smallest absolute Gasteiger partial charge is 0.251 e. The zero-order valence-electron chi connectivity index (χ0n) is 13.6. The highest BCUT2D eigenvalue weighted by molar-refractivity contribution is 5.95. The van der Waals surface area contributed by atoms with Gasteiger partial charge < -0.3 is 10.1 Å². The summed E-state index contributed by atoms with van der Waals surface area (Å²) < 4.78 is 5.29. The fourth-order valence-electron chi connectivity index (χ4n) is 2.48. The molecular formula is C19H23NO2. The maximum Gasteiger partial charge on any atom is 0.251 e. The van der Waals surface area contributed by atoms with Gasteiger partial charge in [0.1, 0.15) is 5.75 Å². The van der Waals surface area contributed by atoms with E-state index in [-0.39, 0.29) is 11.9 Å². The maximum atomic E-state index is 12.5. The van der Waals surface area contributed by atoms with Crippen molar-refractivity contribution in [2.24, 2.45) is 5.92 Å². The van der Waals surface area contributed by atoms with Crippen molar-refractivity contribution in [1.29, 1.82) is 0 Å². The quantitative estimate of drug-likeness (QED) is 0.901. The Bertz CT molecular complexity index is 635. The highest BCUT2D eigenvalue weighted by atomic mass is 16.5. The summed E-state index contributed by atoms with van der Waals surface area (Å²) in [6, 6.07) is 15.6. The van der Waals surface area contributed by atoms with Gasteiger partial charge in [-0.15, -0.1) is 0 Å². The van der Waals surface area contributed by atoms with Crippen molar-refractivity contribution >= 4 is 5.91 Å². The molecule has 3 nitrogen and oxygen atoms in total. The molecule has 3 heteroatoms. The van der Waals surface area contributed by atoms with Crippen molar-refractivity contribution in [3.05, 3.63) is 65.2 Å². The van der Waals surface area contributed by atoms with E-state index in [1.807, 2.05) is 49.4 Å². The fraction of sp³-hybridized carbons (Fsp3) is 0.316. The lowest BCUT2D eigenvalue weighted by molar-refractivity contribution is 0.0925. The first kappa shape index (κ1) is 16.1. The number of rotatable bonds is 5. The van der Waals surface area contributed by atoms with E-state index >= 15 is 0 Å². The molecule has 1 N–H and O–H groups in total. The number of hydrogen-bond acceptors (Lipinski definition) is 2. The maximum absolute atomic E-state index is 12.5. The van der Waals surface area contributed by atoms with E-state index in [0.29, 0.717) is 11.5 Å². The predicted molar refractivity (Wildman–Crippen MR) is 89.2 cm³/mol. The van der Waals surface area contributed by atoms with Gasteiger partial charge >= 0.3 is 0 Å². The van der Waals surface area contributed by atoms with Crippen LogP contribution in [0.15, 0.2) is 48.5 Å². The molecule has 0 heterocycles. The minimum absolute atomic E-state index is 0.0130. The van der Waals surface area contributed by atoms with Gasteiger partial charge in [-0.3, -0.25) is 4.79 Å². The molecule has 2 rings (SSSR count). The van der Waals surface area contributed by atoms with E-state index in [9.17, 15) is 4.79 Å². The molecule has 1 atom stereocenters. The molecule has 0 aliphatic heterocycles. The van der Waals surface area contributed by atoms with Crippen LogP contribution < -0.4 is 10.1 Å². The van der Waals surface area contributed by atoms with Crippen LogP contribution in [0.25, 0.3) is 0 Å². The molecule has 0 saturated heterocycles. The van der Waals surface area contributed by atoms with Gasteiger partial charge in [0.05, 0.1) is 13.2 Å². The molecule has 0 spiro atoms. The first-order valence-corrected chi connectivity index (χ1v) is 7.53. The van der Waals surface area contributed by atoms with Crippen LogP contribution in [0.5, 0.6) is 5.75 Å². The van der Waals surface area contributed by atoms with Gasteiger partial charge in [-0.2, -0.15) is 0 Å². The summed E-state index contributed by atoms with van der Waals surface area (Å²) in [5.74, 6) is 0.952. The zero-order chi connectivity index (χ0) is 16.1. The summed E-state index contributed by atoms with van der Waals surface area (Å²) in [5.41, 5.74) is 2.75. The summed E-state index contributed by atoms with van der Waals surface area (Å²) in [6.45, 7) is 6.17. The lowest BCUT2D eigenvalue weighted by Gasteiger charge is -2.23. The molecule has 0 aromatic heterocycles. The number of carbonyl (C=O) groups is 1. The third kappa shape index (κ3) is 3.67. The average molecular weight is 297 g/mol. The Morgan fingerprint density at radius 2 is 1.77 bits per heavy atom. The van der Waals surface area contributed by atoms with Crippen molar-refractivity contribution in [2.75, 3.05) is 7.11 Å². The lowest BCUT2D eigenvalue weighted by Crippen LogP contribution is -2.31. The van der Waals surface area contributed by atoms with Crippen LogP contribution in [0.4, 0.5) is 0 Å². The van der Waals surface area contributed by atoms with Crippen LogP contribution in [0.2, 0.25) is 0 Å².